The molecule has 0 saturated carbocycles. The lowest BCUT2D eigenvalue weighted by Crippen LogP contribution is -2.30. The van der Waals surface area contributed by atoms with Crippen LogP contribution in [0.25, 0.3) is 0 Å². The number of sulfonamides is 1. The van der Waals surface area contributed by atoms with Crippen LogP contribution in [0, 0.1) is 12.7 Å². The fourth-order valence-electron chi connectivity index (χ4n) is 2.57. The monoisotopic (exact) mass is 355 g/mol. The van der Waals surface area contributed by atoms with Gasteiger partial charge in [-0.05, 0) is 54.4 Å². The van der Waals surface area contributed by atoms with Crippen LogP contribution in [0.15, 0.2) is 83.8 Å². The number of rotatable bonds is 5. The lowest BCUT2D eigenvalue weighted by atomic mass is 10.2. The van der Waals surface area contributed by atoms with Crippen molar-refractivity contribution in [3.05, 3.63) is 95.8 Å². The van der Waals surface area contributed by atoms with Gasteiger partial charge < -0.3 is 0 Å². The zero-order chi connectivity index (χ0) is 17.9. The lowest BCUT2D eigenvalue weighted by molar-refractivity contribution is 0.590. The SMILES string of the molecule is Cc1cccc(S(=O)(=O)N(Cc2ccc(F)cc2)c2ccccc2)c1. The van der Waals surface area contributed by atoms with Crippen molar-refractivity contribution in [2.24, 2.45) is 0 Å². The van der Waals surface area contributed by atoms with E-state index in [1.54, 1.807) is 54.6 Å². The molecule has 0 aliphatic rings. The highest BCUT2D eigenvalue weighted by molar-refractivity contribution is 7.92. The molecule has 0 aliphatic carbocycles. The number of aryl methyl sites for hydroxylation is 1. The van der Waals surface area contributed by atoms with Crippen molar-refractivity contribution in [2.45, 2.75) is 18.4 Å². The Balaban J connectivity index is 2.06. The number of anilines is 1. The van der Waals surface area contributed by atoms with Crippen molar-refractivity contribution in [1.82, 2.24) is 0 Å². The molecular formula is C20H18FNO2S. The number of halogens is 1. The first-order valence-electron chi connectivity index (χ1n) is 7.86. The van der Waals surface area contributed by atoms with Crippen LogP contribution in [0.4, 0.5) is 10.1 Å². The fraction of sp³-hybridized carbons (Fsp3) is 0.100. The summed E-state index contributed by atoms with van der Waals surface area (Å²) in [5.74, 6) is -0.350. The third-order valence-corrected chi connectivity index (χ3v) is 5.63. The van der Waals surface area contributed by atoms with Crippen molar-refractivity contribution in [1.29, 1.82) is 0 Å². The number of benzene rings is 3. The molecule has 0 unspecified atom stereocenters. The molecular weight excluding hydrogens is 337 g/mol. The van der Waals surface area contributed by atoms with E-state index in [2.05, 4.69) is 0 Å². The van der Waals surface area contributed by atoms with Crippen molar-refractivity contribution in [3.8, 4) is 0 Å². The maximum atomic E-state index is 13.2. The average Bonchev–Trinajstić information content (AvgIpc) is 2.62. The molecule has 0 radical (unpaired) electrons. The van der Waals surface area contributed by atoms with E-state index in [1.807, 2.05) is 19.1 Å². The van der Waals surface area contributed by atoms with Crippen LogP contribution < -0.4 is 4.31 Å². The van der Waals surface area contributed by atoms with E-state index in [-0.39, 0.29) is 17.3 Å². The summed E-state index contributed by atoms with van der Waals surface area (Å²) in [6.07, 6.45) is 0. The first-order valence-corrected chi connectivity index (χ1v) is 9.30. The van der Waals surface area contributed by atoms with Gasteiger partial charge in [-0.25, -0.2) is 12.8 Å². The van der Waals surface area contributed by atoms with Crippen LogP contribution in [0.5, 0.6) is 0 Å². The van der Waals surface area contributed by atoms with Gasteiger partial charge in [0.15, 0.2) is 0 Å². The van der Waals surface area contributed by atoms with Crippen LogP contribution >= 0.6 is 0 Å². The van der Waals surface area contributed by atoms with Crippen molar-refractivity contribution in [3.63, 3.8) is 0 Å². The third kappa shape index (κ3) is 3.88. The number of nitrogens with zero attached hydrogens (tertiary/aromatic N) is 1. The molecule has 3 rings (SSSR count). The summed E-state index contributed by atoms with van der Waals surface area (Å²) in [5.41, 5.74) is 2.14. The van der Waals surface area contributed by atoms with Crippen LogP contribution in [-0.2, 0) is 16.6 Å². The molecule has 0 heterocycles. The van der Waals surface area contributed by atoms with Gasteiger partial charge in [0.2, 0.25) is 0 Å². The van der Waals surface area contributed by atoms with E-state index >= 15 is 0 Å². The fourth-order valence-corrected chi connectivity index (χ4v) is 4.13. The third-order valence-electron chi connectivity index (χ3n) is 3.86. The Labute approximate surface area is 147 Å². The van der Waals surface area contributed by atoms with Gasteiger partial charge in [0, 0.05) is 0 Å². The molecule has 0 N–H and O–H groups in total. The molecule has 25 heavy (non-hydrogen) atoms. The maximum absolute atomic E-state index is 13.2. The van der Waals surface area contributed by atoms with Gasteiger partial charge in [-0.1, -0.05) is 42.5 Å². The minimum atomic E-state index is -3.75. The van der Waals surface area contributed by atoms with E-state index in [0.717, 1.165) is 5.56 Å². The van der Waals surface area contributed by atoms with E-state index in [9.17, 15) is 12.8 Å². The minimum absolute atomic E-state index is 0.126. The highest BCUT2D eigenvalue weighted by Gasteiger charge is 2.25. The summed E-state index contributed by atoms with van der Waals surface area (Å²) in [7, 11) is -3.75. The van der Waals surface area contributed by atoms with E-state index in [1.165, 1.54) is 16.4 Å². The zero-order valence-electron chi connectivity index (χ0n) is 13.8. The quantitative estimate of drug-likeness (QED) is 0.674. The molecule has 0 saturated heterocycles. The largest absolute Gasteiger partial charge is 0.264 e. The highest BCUT2D eigenvalue weighted by atomic mass is 32.2. The summed E-state index contributed by atoms with van der Waals surface area (Å²) >= 11 is 0. The predicted molar refractivity (Wildman–Crippen MR) is 97.4 cm³/mol. The molecule has 0 spiro atoms. The number of hydrogen-bond donors (Lipinski definition) is 0. The Hall–Kier alpha value is -2.66. The molecule has 0 fully saturated rings. The van der Waals surface area contributed by atoms with Crippen LogP contribution in [0.1, 0.15) is 11.1 Å². The van der Waals surface area contributed by atoms with Gasteiger partial charge in [-0.15, -0.1) is 0 Å². The number of hydrogen-bond acceptors (Lipinski definition) is 2. The summed E-state index contributed by atoms with van der Waals surface area (Å²) < 4.78 is 40.9. The van der Waals surface area contributed by atoms with Gasteiger partial charge in [0.1, 0.15) is 5.82 Å². The molecule has 0 aromatic heterocycles. The zero-order valence-corrected chi connectivity index (χ0v) is 14.6. The Bertz CT molecular complexity index is 955. The molecule has 0 atom stereocenters. The van der Waals surface area contributed by atoms with E-state index < -0.39 is 10.0 Å². The smallest absolute Gasteiger partial charge is 0.262 e. The summed E-state index contributed by atoms with van der Waals surface area (Å²) in [5, 5.41) is 0. The van der Waals surface area contributed by atoms with Crippen molar-refractivity contribution in [2.75, 3.05) is 4.31 Å². The molecule has 5 heteroatoms. The Kier molecular flexibility index (Phi) is 4.86. The second-order valence-electron chi connectivity index (χ2n) is 5.79. The Morgan fingerprint density at radius 1 is 0.880 bits per heavy atom. The summed E-state index contributed by atoms with van der Waals surface area (Å²) in [6, 6.07) is 21.6. The highest BCUT2D eigenvalue weighted by Crippen LogP contribution is 2.26. The first kappa shape index (κ1) is 17.2. The Morgan fingerprint density at radius 2 is 1.56 bits per heavy atom. The van der Waals surface area contributed by atoms with Gasteiger partial charge >= 0.3 is 0 Å². The first-order chi connectivity index (χ1) is 12.0. The molecule has 3 aromatic rings. The topological polar surface area (TPSA) is 37.4 Å². The lowest BCUT2D eigenvalue weighted by Gasteiger charge is -2.25. The molecule has 3 nitrogen and oxygen atoms in total. The summed E-state index contributed by atoms with van der Waals surface area (Å²) in [4.78, 5) is 0.235. The molecule has 128 valence electrons. The van der Waals surface area contributed by atoms with Gasteiger partial charge in [0.05, 0.1) is 17.1 Å². The van der Waals surface area contributed by atoms with Gasteiger partial charge in [0.25, 0.3) is 10.0 Å². The van der Waals surface area contributed by atoms with E-state index in [0.29, 0.717) is 11.3 Å². The molecule has 0 amide bonds. The van der Waals surface area contributed by atoms with Crippen LogP contribution in [0.2, 0.25) is 0 Å². The maximum Gasteiger partial charge on any atom is 0.264 e. The normalized spacial score (nSPS) is 11.3. The van der Waals surface area contributed by atoms with Crippen molar-refractivity contribution >= 4 is 15.7 Å². The van der Waals surface area contributed by atoms with Gasteiger partial charge in [-0.2, -0.15) is 0 Å². The predicted octanol–water partition coefficient (Wildman–Crippen LogP) is 4.53. The standard InChI is InChI=1S/C20H18FNO2S/c1-16-6-5-9-20(14-16)25(23,24)22(19-7-3-2-4-8-19)15-17-10-12-18(21)13-11-17/h2-14H,15H2,1H3. The van der Waals surface area contributed by atoms with Crippen LogP contribution in [-0.4, -0.2) is 8.42 Å². The van der Waals surface area contributed by atoms with E-state index in [4.69, 9.17) is 0 Å². The van der Waals surface area contributed by atoms with Gasteiger partial charge in [-0.3, -0.25) is 4.31 Å². The van der Waals surface area contributed by atoms with Crippen LogP contribution in [0.3, 0.4) is 0 Å². The average molecular weight is 355 g/mol. The Morgan fingerprint density at radius 3 is 2.20 bits per heavy atom. The van der Waals surface area contributed by atoms with Crippen molar-refractivity contribution < 1.29 is 12.8 Å². The molecule has 3 aromatic carbocycles. The summed E-state index contributed by atoms with van der Waals surface area (Å²) in [6.45, 7) is 1.98. The second-order valence-corrected chi connectivity index (χ2v) is 7.65. The minimum Gasteiger partial charge on any atom is -0.262 e. The molecule has 0 aliphatic heterocycles. The second kappa shape index (κ2) is 7.07. The number of para-hydroxylation sites is 1. The molecule has 0 bridgehead atoms.